The number of hydrogen-bond donors (Lipinski definition) is 1. The Hall–Kier alpha value is -1.36. The maximum absolute atomic E-state index is 11.7. The average Bonchev–Trinajstić information content (AvgIpc) is 2.90. The van der Waals surface area contributed by atoms with Gasteiger partial charge < -0.3 is 10.1 Å². The molecule has 102 valence electrons. The number of halogens is 1. The van der Waals surface area contributed by atoms with Crippen LogP contribution < -0.4 is 10.1 Å². The maximum atomic E-state index is 11.7. The minimum atomic E-state index is -0.133. The van der Waals surface area contributed by atoms with E-state index in [1.165, 1.54) is 12.8 Å². The number of benzene rings is 1. The van der Waals surface area contributed by atoms with Gasteiger partial charge in [0.1, 0.15) is 5.75 Å². The van der Waals surface area contributed by atoms with E-state index in [0.717, 1.165) is 23.6 Å². The van der Waals surface area contributed by atoms with Crippen molar-refractivity contribution in [2.24, 2.45) is 0 Å². The topological polar surface area (TPSA) is 55.4 Å². The molecule has 2 rings (SSSR count). The predicted octanol–water partition coefficient (Wildman–Crippen LogP) is 2.70. The fourth-order valence-electron chi connectivity index (χ4n) is 2.23. The highest BCUT2D eigenvalue weighted by atomic mass is 79.9. The molecule has 4 nitrogen and oxygen atoms in total. The van der Waals surface area contributed by atoms with Crippen LogP contribution in [-0.2, 0) is 4.79 Å². The molecule has 0 aromatic heterocycles. The highest BCUT2D eigenvalue weighted by Gasteiger charge is 2.17. The van der Waals surface area contributed by atoms with E-state index in [0.29, 0.717) is 11.3 Å². The Balaban J connectivity index is 1.87. The Morgan fingerprint density at radius 1 is 1.42 bits per heavy atom. The summed E-state index contributed by atoms with van der Waals surface area (Å²) in [6, 6.07) is 5.40. The molecule has 1 saturated carbocycles. The summed E-state index contributed by atoms with van der Waals surface area (Å²) in [5.74, 6) is 0.298. The number of ether oxygens (including phenoxy) is 1. The first kappa shape index (κ1) is 14.1. The number of carbonyl (C=O) groups excluding carboxylic acids is 2. The number of carbonyl (C=O) groups is 2. The van der Waals surface area contributed by atoms with Crippen molar-refractivity contribution < 1.29 is 14.3 Å². The number of nitrogens with one attached hydrogen (secondary N) is 1. The molecule has 1 aromatic carbocycles. The van der Waals surface area contributed by atoms with Gasteiger partial charge in [0, 0.05) is 10.5 Å². The van der Waals surface area contributed by atoms with Crippen LogP contribution in [0.5, 0.6) is 5.75 Å². The standard InChI is InChI=1S/C14H16BrNO3/c15-11-5-6-13(10(7-11)8-17)19-9-14(18)16-12-3-1-2-4-12/h5-8,12H,1-4,9H2,(H,16,18). The van der Waals surface area contributed by atoms with Gasteiger partial charge in [-0.25, -0.2) is 0 Å². The molecule has 0 atom stereocenters. The molecule has 1 fully saturated rings. The van der Waals surface area contributed by atoms with Gasteiger partial charge in [0.2, 0.25) is 0 Å². The van der Waals surface area contributed by atoms with Gasteiger partial charge in [-0.2, -0.15) is 0 Å². The maximum Gasteiger partial charge on any atom is 0.258 e. The van der Waals surface area contributed by atoms with E-state index in [1.54, 1.807) is 18.2 Å². The molecule has 1 aromatic rings. The SMILES string of the molecule is O=Cc1cc(Br)ccc1OCC(=O)NC1CCCC1. The zero-order valence-corrected chi connectivity index (χ0v) is 12.1. The van der Waals surface area contributed by atoms with Gasteiger partial charge in [-0.15, -0.1) is 0 Å². The lowest BCUT2D eigenvalue weighted by molar-refractivity contribution is -0.123. The van der Waals surface area contributed by atoms with Crippen molar-refractivity contribution in [3.8, 4) is 5.75 Å². The second-order valence-electron chi connectivity index (χ2n) is 4.64. The molecule has 19 heavy (non-hydrogen) atoms. The number of hydrogen-bond acceptors (Lipinski definition) is 3. The van der Waals surface area contributed by atoms with Crippen LogP contribution in [0.1, 0.15) is 36.0 Å². The first-order valence-corrected chi connectivity index (χ1v) is 7.15. The molecule has 0 aliphatic heterocycles. The predicted molar refractivity (Wildman–Crippen MR) is 75.4 cm³/mol. The monoisotopic (exact) mass is 325 g/mol. The summed E-state index contributed by atoms with van der Waals surface area (Å²) in [6.45, 7) is -0.0566. The van der Waals surface area contributed by atoms with Gasteiger partial charge in [-0.1, -0.05) is 28.8 Å². The molecule has 1 amide bonds. The minimum Gasteiger partial charge on any atom is -0.483 e. The number of rotatable bonds is 5. The summed E-state index contributed by atoms with van der Waals surface area (Å²) in [5.41, 5.74) is 0.433. The first-order chi connectivity index (χ1) is 9.19. The van der Waals surface area contributed by atoms with Crippen LogP contribution in [0.3, 0.4) is 0 Å². The Morgan fingerprint density at radius 2 is 2.16 bits per heavy atom. The Labute approximate surface area is 120 Å². The second kappa shape index (κ2) is 6.70. The van der Waals surface area contributed by atoms with E-state index < -0.39 is 0 Å². The van der Waals surface area contributed by atoms with Gasteiger partial charge in [-0.3, -0.25) is 9.59 Å². The smallest absolute Gasteiger partial charge is 0.258 e. The van der Waals surface area contributed by atoms with Crippen molar-refractivity contribution >= 4 is 28.1 Å². The lowest BCUT2D eigenvalue weighted by Gasteiger charge is -2.13. The van der Waals surface area contributed by atoms with Gasteiger partial charge in [-0.05, 0) is 31.0 Å². The van der Waals surface area contributed by atoms with Crippen LogP contribution in [-0.4, -0.2) is 24.8 Å². The molecule has 1 aliphatic rings. The Kier molecular flexibility index (Phi) is 4.96. The van der Waals surface area contributed by atoms with E-state index in [-0.39, 0.29) is 18.6 Å². The van der Waals surface area contributed by atoms with Crippen LogP contribution in [0.15, 0.2) is 22.7 Å². The molecular weight excluding hydrogens is 310 g/mol. The normalized spacial score (nSPS) is 15.2. The Bertz CT molecular complexity index is 470. The van der Waals surface area contributed by atoms with Crippen molar-refractivity contribution in [1.82, 2.24) is 5.32 Å². The van der Waals surface area contributed by atoms with Gasteiger partial charge in [0.25, 0.3) is 5.91 Å². The summed E-state index contributed by atoms with van der Waals surface area (Å²) >= 11 is 3.28. The highest BCUT2D eigenvalue weighted by molar-refractivity contribution is 9.10. The number of aldehydes is 1. The molecule has 0 bridgehead atoms. The van der Waals surface area contributed by atoms with E-state index in [9.17, 15) is 9.59 Å². The first-order valence-electron chi connectivity index (χ1n) is 6.36. The number of amides is 1. The van der Waals surface area contributed by atoms with E-state index in [1.807, 2.05) is 0 Å². The summed E-state index contributed by atoms with van der Waals surface area (Å²) in [7, 11) is 0. The summed E-state index contributed by atoms with van der Waals surface area (Å²) in [6.07, 6.45) is 5.16. The minimum absolute atomic E-state index is 0.0566. The molecule has 1 N–H and O–H groups in total. The van der Waals surface area contributed by atoms with E-state index in [2.05, 4.69) is 21.2 Å². The third-order valence-electron chi connectivity index (χ3n) is 3.18. The fraction of sp³-hybridized carbons (Fsp3) is 0.429. The third kappa shape index (κ3) is 4.06. The van der Waals surface area contributed by atoms with Crippen molar-refractivity contribution in [2.45, 2.75) is 31.7 Å². The average molecular weight is 326 g/mol. The lowest BCUT2D eigenvalue weighted by atomic mass is 10.2. The second-order valence-corrected chi connectivity index (χ2v) is 5.55. The summed E-state index contributed by atoms with van der Waals surface area (Å²) in [4.78, 5) is 22.6. The molecule has 0 unspecified atom stereocenters. The van der Waals surface area contributed by atoms with Gasteiger partial charge >= 0.3 is 0 Å². The van der Waals surface area contributed by atoms with Crippen LogP contribution in [0.4, 0.5) is 0 Å². The molecule has 1 aliphatic carbocycles. The van der Waals surface area contributed by atoms with Crippen LogP contribution in [0.25, 0.3) is 0 Å². The van der Waals surface area contributed by atoms with Crippen LogP contribution in [0.2, 0.25) is 0 Å². The fourth-order valence-corrected chi connectivity index (χ4v) is 2.60. The van der Waals surface area contributed by atoms with Crippen LogP contribution in [0, 0.1) is 0 Å². The summed E-state index contributed by atoms with van der Waals surface area (Å²) < 4.78 is 6.19. The Morgan fingerprint density at radius 3 is 2.84 bits per heavy atom. The largest absolute Gasteiger partial charge is 0.483 e. The van der Waals surface area contributed by atoms with E-state index >= 15 is 0 Å². The third-order valence-corrected chi connectivity index (χ3v) is 3.67. The zero-order valence-electron chi connectivity index (χ0n) is 10.5. The van der Waals surface area contributed by atoms with Crippen molar-refractivity contribution in [2.75, 3.05) is 6.61 Å². The van der Waals surface area contributed by atoms with Crippen molar-refractivity contribution in [1.29, 1.82) is 0 Å². The zero-order chi connectivity index (χ0) is 13.7. The molecule has 5 heteroatoms. The van der Waals surface area contributed by atoms with Gasteiger partial charge in [0.15, 0.2) is 12.9 Å². The van der Waals surface area contributed by atoms with Gasteiger partial charge in [0.05, 0.1) is 5.56 Å². The molecule has 0 saturated heterocycles. The summed E-state index contributed by atoms with van der Waals surface area (Å²) in [5, 5.41) is 2.94. The van der Waals surface area contributed by atoms with Crippen molar-refractivity contribution in [3.63, 3.8) is 0 Å². The van der Waals surface area contributed by atoms with Crippen LogP contribution >= 0.6 is 15.9 Å². The molecule has 0 spiro atoms. The van der Waals surface area contributed by atoms with Crippen molar-refractivity contribution in [3.05, 3.63) is 28.2 Å². The molecule has 0 radical (unpaired) electrons. The molecular formula is C14H16BrNO3. The lowest BCUT2D eigenvalue weighted by Crippen LogP contribution is -2.36. The highest BCUT2D eigenvalue weighted by Crippen LogP contribution is 2.22. The quantitative estimate of drug-likeness (QED) is 0.847. The van der Waals surface area contributed by atoms with E-state index in [4.69, 9.17) is 4.74 Å². The molecule has 0 heterocycles.